The van der Waals surface area contributed by atoms with E-state index >= 15 is 0 Å². The maximum absolute atomic E-state index is 12.4. The summed E-state index contributed by atoms with van der Waals surface area (Å²) in [6.45, 7) is 4.15. The van der Waals surface area contributed by atoms with Crippen molar-refractivity contribution < 1.29 is 19.1 Å². The lowest BCUT2D eigenvalue weighted by atomic mass is 9.83. The Kier molecular flexibility index (Phi) is 6.33. The number of benzene rings is 1. The molecule has 2 saturated carbocycles. The molecule has 0 aromatic heterocycles. The van der Waals surface area contributed by atoms with Crippen LogP contribution in [0, 0.1) is 24.7 Å². The fourth-order valence-corrected chi connectivity index (χ4v) is 4.06. The molecule has 1 aromatic carbocycles. The predicted octanol–water partition coefficient (Wildman–Crippen LogP) is 5.21. The van der Waals surface area contributed by atoms with E-state index in [0.717, 1.165) is 56.9 Å². The average molecular weight is 358 g/mol. The van der Waals surface area contributed by atoms with Crippen molar-refractivity contribution >= 4 is 11.9 Å². The highest BCUT2D eigenvalue weighted by Gasteiger charge is 2.26. The predicted molar refractivity (Wildman–Crippen MR) is 100 cm³/mol. The third kappa shape index (κ3) is 5.09. The molecule has 0 spiro atoms. The number of hydrogen-bond acceptors (Lipinski definition) is 4. The van der Waals surface area contributed by atoms with Gasteiger partial charge in [-0.25, -0.2) is 0 Å². The highest BCUT2D eigenvalue weighted by molar-refractivity contribution is 5.77. The quantitative estimate of drug-likeness (QED) is 0.547. The minimum Gasteiger partial charge on any atom is -0.426 e. The number of carbonyl (C=O) groups is 2. The van der Waals surface area contributed by atoms with Crippen LogP contribution in [0.15, 0.2) is 18.2 Å². The van der Waals surface area contributed by atoms with E-state index in [4.69, 9.17) is 9.47 Å². The van der Waals surface area contributed by atoms with Gasteiger partial charge in [0, 0.05) is 6.07 Å². The van der Waals surface area contributed by atoms with Crippen LogP contribution in [0.1, 0.15) is 70.3 Å². The summed E-state index contributed by atoms with van der Waals surface area (Å²) in [5.74, 6) is 1.31. The molecule has 2 aliphatic rings. The molecule has 1 aromatic rings. The monoisotopic (exact) mass is 358 g/mol. The van der Waals surface area contributed by atoms with Crippen LogP contribution in [0.3, 0.4) is 0 Å². The van der Waals surface area contributed by atoms with E-state index in [0.29, 0.717) is 17.4 Å². The van der Waals surface area contributed by atoms with Gasteiger partial charge in [-0.05, 0) is 69.1 Å². The summed E-state index contributed by atoms with van der Waals surface area (Å²) >= 11 is 0. The highest BCUT2D eigenvalue weighted by Crippen LogP contribution is 2.31. The van der Waals surface area contributed by atoms with Crippen LogP contribution < -0.4 is 9.47 Å². The van der Waals surface area contributed by atoms with Crippen LogP contribution in [0.2, 0.25) is 0 Å². The molecule has 4 heteroatoms. The molecule has 0 unspecified atom stereocenters. The van der Waals surface area contributed by atoms with Gasteiger partial charge >= 0.3 is 11.9 Å². The molecule has 3 rings (SSSR count). The van der Waals surface area contributed by atoms with E-state index in [9.17, 15) is 9.59 Å². The Morgan fingerprint density at radius 3 is 1.81 bits per heavy atom. The molecule has 0 aliphatic heterocycles. The summed E-state index contributed by atoms with van der Waals surface area (Å²) in [7, 11) is 0. The Morgan fingerprint density at radius 2 is 1.27 bits per heavy atom. The fraction of sp³-hybridized carbons (Fsp3) is 0.636. The first kappa shape index (κ1) is 18.9. The van der Waals surface area contributed by atoms with Gasteiger partial charge in [0.2, 0.25) is 0 Å². The molecule has 0 bridgehead atoms. The van der Waals surface area contributed by atoms with Crippen LogP contribution in [0.4, 0.5) is 0 Å². The van der Waals surface area contributed by atoms with Crippen LogP contribution in [-0.2, 0) is 9.59 Å². The second-order valence-corrected chi connectivity index (χ2v) is 8.12. The Labute approximate surface area is 156 Å². The van der Waals surface area contributed by atoms with Crippen molar-refractivity contribution in [1.82, 2.24) is 0 Å². The van der Waals surface area contributed by atoms with E-state index in [2.05, 4.69) is 6.92 Å². The number of ether oxygens (including phenoxy) is 2. The highest BCUT2D eigenvalue weighted by atomic mass is 16.5. The molecular weight excluding hydrogens is 328 g/mol. The fourth-order valence-electron chi connectivity index (χ4n) is 4.06. The zero-order chi connectivity index (χ0) is 18.5. The zero-order valence-electron chi connectivity index (χ0n) is 16.0. The topological polar surface area (TPSA) is 52.6 Å². The molecule has 0 atom stereocenters. The van der Waals surface area contributed by atoms with Gasteiger partial charge in [-0.2, -0.15) is 0 Å². The maximum atomic E-state index is 12.4. The van der Waals surface area contributed by atoms with E-state index in [1.165, 1.54) is 6.42 Å². The van der Waals surface area contributed by atoms with Gasteiger partial charge < -0.3 is 9.47 Å². The molecular formula is C22H30O4. The summed E-state index contributed by atoms with van der Waals surface area (Å²) in [4.78, 5) is 24.8. The lowest BCUT2D eigenvalue weighted by Crippen LogP contribution is -2.25. The Balaban J connectivity index is 1.61. The number of rotatable bonds is 4. The lowest BCUT2D eigenvalue weighted by molar-refractivity contribution is -0.140. The molecule has 0 radical (unpaired) electrons. The first-order valence-corrected chi connectivity index (χ1v) is 10.1. The van der Waals surface area contributed by atoms with E-state index in [1.807, 2.05) is 19.1 Å². The third-order valence-electron chi connectivity index (χ3n) is 5.75. The van der Waals surface area contributed by atoms with Crippen molar-refractivity contribution in [3.63, 3.8) is 0 Å². The second-order valence-electron chi connectivity index (χ2n) is 8.12. The molecule has 0 heterocycles. The zero-order valence-corrected chi connectivity index (χ0v) is 16.0. The first-order valence-electron chi connectivity index (χ1n) is 10.1. The lowest BCUT2D eigenvalue weighted by Gasteiger charge is -2.24. The summed E-state index contributed by atoms with van der Waals surface area (Å²) < 4.78 is 11.2. The van der Waals surface area contributed by atoms with Crippen molar-refractivity contribution in [1.29, 1.82) is 0 Å². The number of esters is 2. The Hall–Kier alpha value is -1.84. The van der Waals surface area contributed by atoms with Crippen molar-refractivity contribution in [3.8, 4) is 11.5 Å². The van der Waals surface area contributed by atoms with Crippen LogP contribution in [0.25, 0.3) is 0 Å². The number of carbonyl (C=O) groups excluding carboxylic acids is 2. The van der Waals surface area contributed by atoms with Gasteiger partial charge in [0.05, 0.1) is 11.8 Å². The molecule has 26 heavy (non-hydrogen) atoms. The van der Waals surface area contributed by atoms with Crippen LogP contribution in [0.5, 0.6) is 11.5 Å². The van der Waals surface area contributed by atoms with Crippen molar-refractivity contribution in [2.24, 2.45) is 17.8 Å². The van der Waals surface area contributed by atoms with Crippen molar-refractivity contribution in [2.75, 3.05) is 0 Å². The largest absolute Gasteiger partial charge is 0.426 e. The third-order valence-corrected chi connectivity index (χ3v) is 5.75. The first-order chi connectivity index (χ1) is 12.5. The molecule has 0 amide bonds. The SMILES string of the molecule is Cc1cc(OC(=O)C2CCCCC2)cc(OC(=O)C2CCC(C)CC2)c1. The standard InChI is InChI=1S/C22H30O4/c1-15-8-10-18(11-9-15)22(24)26-20-13-16(2)12-19(14-20)25-21(23)17-6-4-3-5-7-17/h12-15,17-18H,3-11H2,1-2H3. The van der Waals surface area contributed by atoms with Gasteiger partial charge in [-0.15, -0.1) is 0 Å². The van der Waals surface area contributed by atoms with E-state index in [1.54, 1.807) is 6.07 Å². The van der Waals surface area contributed by atoms with Gasteiger partial charge in [0.15, 0.2) is 0 Å². The van der Waals surface area contributed by atoms with E-state index < -0.39 is 0 Å². The summed E-state index contributed by atoms with van der Waals surface area (Å²) in [6, 6.07) is 5.30. The second kappa shape index (κ2) is 8.70. The Bertz CT molecular complexity index is 638. The van der Waals surface area contributed by atoms with E-state index in [-0.39, 0.29) is 23.8 Å². The summed E-state index contributed by atoms with van der Waals surface area (Å²) in [6.07, 6.45) is 9.17. The minimum absolute atomic E-state index is 0.000471. The Morgan fingerprint density at radius 1 is 0.769 bits per heavy atom. The molecule has 142 valence electrons. The smallest absolute Gasteiger partial charge is 0.314 e. The van der Waals surface area contributed by atoms with Crippen molar-refractivity contribution in [3.05, 3.63) is 23.8 Å². The van der Waals surface area contributed by atoms with Gasteiger partial charge in [-0.1, -0.05) is 26.2 Å². The average Bonchev–Trinajstić information content (AvgIpc) is 2.62. The van der Waals surface area contributed by atoms with Gasteiger partial charge in [-0.3, -0.25) is 9.59 Å². The molecule has 0 N–H and O–H groups in total. The minimum atomic E-state index is -0.160. The van der Waals surface area contributed by atoms with Crippen LogP contribution >= 0.6 is 0 Å². The number of aryl methyl sites for hydroxylation is 1. The molecule has 2 aliphatic carbocycles. The van der Waals surface area contributed by atoms with Crippen molar-refractivity contribution in [2.45, 2.75) is 71.6 Å². The molecule has 4 nitrogen and oxygen atoms in total. The molecule has 0 saturated heterocycles. The molecule has 2 fully saturated rings. The summed E-state index contributed by atoms with van der Waals surface area (Å²) in [5.41, 5.74) is 0.916. The van der Waals surface area contributed by atoms with Gasteiger partial charge in [0.25, 0.3) is 0 Å². The van der Waals surface area contributed by atoms with Gasteiger partial charge in [0.1, 0.15) is 11.5 Å². The van der Waals surface area contributed by atoms with Crippen LogP contribution in [-0.4, -0.2) is 11.9 Å². The summed E-state index contributed by atoms with van der Waals surface area (Å²) in [5, 5.41) is 0. The normalized spacial score (nSPS) is 24.1. The number of hydrogen-bond donors (Lipinski definition) is 0. The maximum Gasteiger partial charge on any atom is 0.314 e.